The van der Waals surface area contributed by atoms with Gasteiger partial charge < -0.3 is 15.8 Å². The van der Waals surface area contributed by atoms with Gasteiger partial charge in [0.1, 0.15) is 5.75 Å². The number of benzene rings is 2. The van der Waals surface area contributed by atoms with Gasteiger partial charge in [0.15, 0.2) is 0 Å². The summed E-state index contributed by atoms with van der Waals surface area (Å²) in [5.74, 6) is 0.756. The number of hydrogen-bond acceptors (Lipinski definition) is 4. The van der Waals surface area contributed by atoms with Crippen molar-refractivity contribution in [3.05, 3.63) is 65.2 Å². The van der Waals surface area contributed by atoms with Gasteiger partial charge in [-0.05, 0) is 54.6 Å². The third kappa shape index (κ3) is 6.87. The van der Waals surface area contributed by atoms with E-state index in [0.29, 0.717) is 0 Å². The molecule has 1 heterocycles. The van der Waals surface area contributed by atoms with E-state index in [4.69, 9.17) is 10.5 Å². The van der Waals surface area contributed by atoms with Crippen molar-refractivity contribution in [3.8, 4) is 5.75 Å². The van der Waals surface area contributed by atoms with E-state index in [1.165, 1.54) is 16.7 Å². The normalized spacial score (nSPS) is 17.2. The van der Waals surface area contributed by atoms with Gasteiger partial charge in [-0.3, -0.25) is 9.69 Å². The van der Waals surface area contributed by atoms with Gasteiger partial charge in [0.2, 0.25) is 5.91 Å². The molecular formula is C24H33N3O2. The number of carbonyl (C=O) groups is 1. The van der Waals surface area contributed by atoms with Crippen molar-refractivity contribution in [2.75, 3.05) is 19.7 Å². The Bertz CT molecular complexity index is 793. The number of likely N-dealkylation sites (tertiary alicyclic amines) is 1. The van der Waals surface area contributed by atoms with Crippen LogP contribution in [0.2, 0.25) is 0 Å². The van der Waals surface area contributed by atoms with E-state index >= 15 is 0 Å². The lowest BCUT2D eigenvalue weighted by Crippen LogP contribution is -2.40. The molecule has 5 nitrogen and oxygen atoms in total. The molecule has 3 N–H and O–H groups in total. The van der Waals surface area contributed by atoms with Crippen LogP contribution in [0.25, 0.3) is 0 Å². The average molecular weight is 396 g/mol. The van der Waals surface area contributed by atoms with Crippen molar-refractivity contribution in [3.63, 3.8) is 0 Å². The minimum Gasteiger partial charge on any atom is -0.494 e. The summed E-state index contributed by atoms with van der Waals surface area (Å²) >= 11 is 0. The van der Waals surface area contributed by atoms with E-state index in [1.54, 1.807) is 0 Å². The Morgan fingerprint density at radius 1 is 1.14 bits per heavy atom. The molecule has 156 valence electrons. The van der Waals surface area contributed by atoms with Gasteiger partial charge in [-0.1, -0.05) is 43.3 Å². The molecule has 1 saturated heterocycles. The quantitative estimate of drug-likeness (QED) is 0.646. The Hall–Kier alpha value is -2.37. The fourth-order valence-corrected chi connectivity index (χ4v) is 3.84. The predicted octanol–water partition coefficient (Wildman–Crippen LogP) is 3.46. The highest BCUT2D eigenvalue weighted by Gasteiger charge is 2.23. The van der Waals surface area contributed by atoms with E-state index in [0.717, 1.165) is 64.3 Å². The molecule has 0 spiro atoms. The summed E-state index contributed by atoms with van der Waals surface area (Å²) in [4.78, 5) is 13.8. The second-order valence-electron chi connectivity index (χ2n) is 7.90. The van der Waals surface area contributed by atoms with Crippen LogP contribution >= 0.6 is 0 Å². The molecule has 0 aromatic heterocycles. The molecule has 0 saturated carbocycles. The fourth-order valence-electron chi connectivity index (χ4n) is 3.84. The molecule has 1 unspecified atom stereocenters. The maximum Gasteiger partial charge on any atom is 0.221 e. The van der Waals surface area contributed by atoms with Crippen LogP contribution in [0.15, 0.2) is 48.5 Å². The summed E-state index contributed by atoms with van der Waals surface area (Å²) in [5, 5.41) is 3.52. The van der Waals surface area contributed by atoms with Gasteiger partial charge in [-0.2, -0.15) is 0 Å². The first-order chi connectivity index (χ1) is 14.1. The summed E-state index contributed by atoms with van der Waals surface area (Å²) in [6.07, 6.45) is 2.97. The molecule has 3 rings (SSSR count). The molecule has 0 bridgehead atoms. The lowest BCUT2D eigenvalue weighted by molar-refractivity contribution is -0.123. The Morgan fingerprint density at radius 2 is 1.86 bits per heavy atom. The minimum absolute atomic E-state index is 0.00864. The molecule has 1 aliphatic heterocycles. The van der Waals surface area contributed by atoms with Gasteiger partial charge in [0.25, 0.3) is 0 Å². The Kier molecular flexibility index (Phi) is 8.08. The van der Waals surface area contributed by atoms with Crippen molar-refractivity contribution in [2.45, 2.75) is 45.8 Å². The molecule has 1 atom stereocenters. The molecule has 1 amide bonds. The predicted molar refractivity (Wildman–Crippen MR) is 116 cm³/mol. The topological polar surface area (TPSA) is 67.6 Å². The third-order valence-corrected chi connectivity index (χ3v) is 5.34. The zero-order valence-electron chi connectivity index (χ0n) is 17.4. The molecule has 5 heteroatoms. The van der Waals surface area contributed by atoms with E-state index in [-0.39, 0.29) is 11.8 Å². The van der Waals surface area contributed by atoms with Crippen LogP contribution in [0.3, 0.4) is 0 Å². The van der Waals surface area contributed by atoms with E-state index in [9.17, 15) is 4.79 Å². The van der Waals surface area contributed by atoms with Crippen LogP contribution in [0.4, 0.5) is 0 Å². The van der Waals surface area contributed by atoms with Crippen LogP contribution in [0, 0.1) is 5.92 Å². The highest BCUT2D eigenvalue weighted by Crippen LogP contribution is 2.19. The smallest absolute Gasteiger partial charge is 0.221 e. The van der Waals surface area contributed by atoms with Crippen LogP contribution in [-0.2, 0) is 24.4 Å². The number of amides is 1. The van der Waals surface area contributed by atoms with Gasteiger partial charge in [-0.25, -0.2) is 0 Å². The highest BCUT2D eigenvalue weighted by atomic mass is 16.5. The third-order valence-electron chi connectivity index (χ3n) is 5.34. The molecule has 2 aromatic carbocycles. The lowest BCUT2D eigenvalue weighted by atomic mass is 9.97. The number of nitrogens with two attached hydrogens (primary N) is 1. The maximum atomic E-state index is 11.5. The van der Waals surface area contributed by atoms with Gasteiger partial charge in [0, 0.05) is 26.2 Å². The van der Waals surface area contributed by atoms with Crippen LogP contribution < -0.4 is 15.8 Å². The Labute approximate surface area is 174 Å². The number of nitrogens with one attached hydrogen (secondary N) is 1. The first-order valence-electron chi connectivity index (χ1n) is 10.7. The SMILES string of the molecule is CCCOc1cccc(CNCc2cccc(CN3CCCC(C(N)=O)C3)c2)c1. The number of primary amides is 1. The summed E-state index contributed by atoms with van der Waals surface area (Å²) in [6, 6.07) is 16.9. The lowest BCUT2D eigenvalue weighted by Gasteiger charge is -2.31. The number of nitrogens with zero attached hydrogens (tertiary/aromatic N) is 1. The minimum atomic E-state index is -0.170. The number of ether oxygens (including phenoxy) is 1. The fraction of sp³-hybridized carbons (Fsp3) is 0.458. The standard InChI is InChI=1S/C24H33N3O2/c1-2-12-29-23-10-4-7-20(14-23)16-26-15-19-6-3-8-21(13-19)17-27-11-5-9-22(18-27)24(25)28/h3-4,6-8,10,13-14,22,26H,2,5,9,11-12,15-18H2,1H3,(H2,25,28). The monoisotopic (exact) mass is 395 g/mol. The van der Waals surface area contributed by atoms with Crippen molar-refractivity contribution in [1.82, 2.24) is 10.2 Å². The molecule has 0 radical (unpaired) electrons. The first kappa shape index (κ1) is 21.3. The zero-order chi connectivity index (χ0) is 20.5. The van der Waals surface area contributed by atoms with E-state index in [2.05, 4.69) is 53.5 Å². The molecular weight excluding hydrogens is 362 g/mol. The van der Waals surface area contributed by atoms with E-state index < -0.39 is 0 Å². The van der Waals surface area contributed by atoms with Crippen LogP contribution in [0.5, 0.6) is 5.75 Å². The van der Waals surface area contributed by atoms with Gasteiger partial charge in [-0.15, -0.1) is 0 Å². The molecule has 0 aliphatic carbocycles. The molecule has 2 aromatic rings. The Balaban J connectivity index is 1.49. The van der Waals surface area contributed by atoms with Crippen LogP contribution in [0.1, 0.15) is 42.9 Å². The summed E-state index contributed by atoms with van der Waals surface area (Å²) in [5.41, 5.74) is 9.27. The second-order valence-corrected chi connectivity index (χ2v) is 7.90. The Morgan fingerprint density at radius 3 is 2.62 bits per heavy atom. The number of hydrogen-bond donors (Lipinski definition) is 2. The van der Waals surface area contributed by atoms with Gasteiger partial charge >= 0.3 is 0 Å². The maximum absolute atomic E-state index is 11.5. The largest absolute Gasteiger partial charge is 0.494 e. The van der Waals surface area contributed by atoms with E-state index in [1.807, 2.05) is 12.1 Å². The summed E-state index contributed by atoms with van der Waals surface area (Å²) in [7, 11) is 0. The number of rotatable bonds is 10. The number of piperidine rings is 1. The second kappa shape index (κ2) is 11.0. The zero-order valence-corrected chi connectivity index (χ0v) is 17.4. The number of carbonyl (C=O) groups excluding carboxylic acids is 1. The van der Waals surface area contributed by atoms with Crippen molar-refractivity contribution >= 4 is 5.91 Å². The summed E-state index contributed by atoms with van der Waals surface area (Å²) in [6.45, 7) is 7.16. The van der Waals surface area contributed by atoms with Crippen LogP contribution in [-0.4, -0.2) is 30.5 Å². The molecule has 1 fully saturated rings. The highest BCUT2D eigenvalue weighted by molar-refractivity contribution is 5.76. The van der Waals surface area contributed by atoms with Gasteiger partial charge in [0.05, 0.1) is 12.5 Å². The molecule has 29 heavy (non-hydrogen) atoms. The first-order valence-corrected chi connectivity index (χ1v) is 10.7. The average Bonchev–Trinajstić information content (AvgIpc) is 2.73. The summed E-state index contributed by atoms with van der Waals surface area (Å²) < 4.78 is 5.71. The van der Waals surface area contributed by atoms with Crippen molar-refractivity contribution < 1.29 is 9.53 Å². The van der Waals surface area contributed by atoms with Crippen molar-refractivity contribution in [2.24, 2.45) is 11.7 Å². The van der Waals surface area contributed by atoms with Crippen molar-refractivity contribution in [1.29, 1.82) is 0 Å². The molecule has 1 aliphatic rings.